The molecule has 8 heteroatoms. The van der Waals surface area contributed by atoms with E-state index in [-0.39, 0.29) is 11.6 Å². The summed E-state index contributed by atoms with van der Waals surface area (Å²) in [5.41, 5.74) is 1.25. The normalized spacial score (nSPS) is 17.4. The number of ether oxygens (including phenoxy) is 1. The van der Waals surface area contributed by atoms with Crippen molar-refractivity contribution in [2.45, 2.75) is 44.6 Å². The van der Waals surface area contributed by atoms with Gasteiger partial charge in [-0.25, -0.2) is 13.6 Å². The Morgan fingerprint density at radius 1 is 1.14 bits per heavy atom. The molecule has 1 aromatic heterocycles. The maximum Gasteiger partial charge on any atom is 0.358 e. The van der Waals surface area contributed by atoms with Crippen molar-refractivity contribution in [3.8, 4) is 0 Å². The van der Waals surface area contributed by atoms with Crippen LogP contribution in [0, 0.1) is 11.6 Å². The number of aromatic nitrogens is 2. The standard InChI is InChI=1S/C21H23F2N3O3/c1-2-29-21(28)18-12-19(13-3-4-13)26(24-18)15-7-9-25(10-8-15)20(27)16-6-5-14(22)11-17(16)23/h5-6,11-13,15H,2-4,7-10H2,1H3. The molecule has 0 radical (unpaired) electrons. The highest BCUT2D eigenvalue weighted by Gasteiger charge is 2.34. The lowest BCUT2D eigenvalue weighted by atomic mass is 10.0. The van der Waals surface area contributed by atoms with Gasteiger partial charge in [-0.3, -0.25) is 9.48 Å². The molecule has 154 valence electrons. The van der Waals surface area contributed by atoms with E-state index >= 15 is 0 Å². The number of rotatable bonds is 5. The van der Waals surface area contributed by atoms with Crippen molar-refractivity contribution in [3.63, 3.8) is 0 Å². The number of esters is 1. The summed E-state index contributed by atoms with van der Waals surface area (Å²) in [6, 6.07) is 4.88. The Balaban J connectivity index is 1.47. The topological polar surface area (TPSA) is 64.4 Å². The summed E-state index contributed by atoms with van der Waals surface area (Å²) in [5, 5.41) is 4.50. The highest BCUT2D eigenvalue weighted by molar-refractivity contribution is 5.94. The van der Waals surface area contributed by atoms with Gasteiger partial charge in [-0.15, -0.1) is 0 Å². The van der Waals surface area contributed by atoms with Crippen molar-refractivity contribution < 1.29 is 23.1 Å². The average Bonchev–Trinajstić information content (AvgIpc) is 3.46. The van der Waals surface area contributed by atoms with Crippen molar-refractivity contribution >= 4 is 11.9 Å². The lowest BCUT2D eigenvalue weighted by Crippen LogP contribution is -2.39. The first-order chi connectivity index (χ1) is 14.0. The van der Waals surface area contributed by atoms with Crippen LogP contribution in [0.1, 0.15) is 71.1 Å². The number of likely N-dealkylation sites (tertiary alicyclic amines) is 1. The number of carbonyl (C=O) groups is 2. The van der Waals surface area contributed by atoms with Gasteiger partial charge in [-0.1, -0.05) is 0 Å². The van der Waals surface area contributed by atoms with Gasteiger partial charge < -0.3 is 9.64 Å². The smallest absolute Gasteiger partial charge is 0.358 e. The van der Waals surface area contributed by atoms with Crippen LogP contribution >= 0.6 is 0 Å². The van der Waals surface area contributed by atoms with Gasteiger partial charge >= 0.3 is 5.97 Å². The summed E-state index contributed by atoms with van der Waals surface area (Å²) in [7, 11) is 0. The van der Waals surface area contributed by atoms with Crippen LogP contribution in [0.2, 0.25) is 0 Å². The van der Waals surface area contributed by atoms with E-state index in [1.54, 1.807) is 11.8 Å². The van der Waals surface area contributed by atoms with Crippen LogP contribution in [-0.4, -0.2) is 46.3 Å². The predicted molar refractivity (Wildman–Crippen MR) is 101 cm³/mol. The minimum Gasteiger partial charge on any atom is -0.461 e. The molecule has 4 rings (SSSR count). The molecular weight excluding hydrogens is 380 g/mol. The van der Waals surface area contributed by atoms with Crippen LogP contribution in [-0.2, 0) is 4.74 Å². The number of hydrogen-bond acceptors (Lipinski definition) is 4. The van der Waals surface area contributed by atoms with Gasteiger partial charge in [0, 0.05) is 30.8 Å². The molecule has 6 nitrogen and oxygen atoms in total. The van der Waals surface area contributed by atoms with Crippen LogP contribution in [0.15, 0.2) is 24.3 Å². The molecule has 0 N–H and O–H groups in total. The van der Waals surface area contributed by atoms with E-state index in [0.717, 1.165) is 30.7 Å². The number of piperidine rings is 1. The van der Waals surface area contributed by atoms with Crippen LogP contribution in [0.25, 0.3) is 0 Å². The Morgan fingerprint density at radius 3 is 2.48 bits per heavy atom. The van der Waals surface area contributed by atoms with Gasteiger partial charge in [-0.2, -0.15) is 5.10 Å². The second kappa shape index (κ2) is 7.93. The zero-order chi connectivity index (χ0) is 20.5. The van der Waals surface area contributed by atoms with Crippen LogP contribution in [0.4, 0.5) is 8.78 Å². The van der Waals surface area contributed by atoms with E-state index < -0.39 is 23.5 Å². The fourth-order valence-corrected chi connectivity index (χ4v) is 3.84. The maximum atomic E-state index is 13.9. The lowest BCUT2D eigenvalue weighted by Gasteiger charge is -2.33. The number of benzene rings is 1. The number of amides is 1. The van der Waals surface area contributed by atoms with Gasteiger partial charge in [0.1, 0.15) is 11.6 Å². The van der Waals surface area contributed by atoms with E-state index in [0.29, 0.717) is 44.1 Å². The summed E-state index contributed by atoms with van der Waals surface area (Å²) in [4.78, 5) is 26.3. The molecule has 1 aromatic carbocycles. The van der Waals surface area contributed by atoms with Crippen LogP contribution < -0.4 is 0 Å². The molecule has 2 aliphatic rings. The van der Waals surface area contributed by atoms with Gasteiger partial charge in [0.25, 0.3) is 5.91 Å². The molecule has 0 unspecified atom stereocenters. The van der Waals surface area contributed by atoms with E-state index in [4.69, 9.17) is 4.74 Å². The molecule has 2 heterocycles. The van der Waals surface area contributed by atoms with Crippen molar-refractivity contribution in [1.82, 2.24) is 14.7 Å². The third kappa shape index (κ3) is 4.02. The van der Waals surface area contributed by atoms with Crippen molar-refractivity contribution in [2.24, 2.45) is 0 Å². The van der Waals surface area contributed by atoms with Crippen molar-refractivity contribution in [3.05, 3.63) is 52.9 Å². The second-order valence-corrected chi connectivity index (χ2v) is 7.54. The van der Waals surface area contributed by atoms with Gasteiger partial charge in [-0.05, 0) is 50.8 Å². The third-order valence-corrected chi connectivity index (χ3v) is 5.50. The summed E-state index contributed by atoms with van der Waals surface area (Å²) in [6.07, 6.45) is 3.46. The molecule has 1 saturated heterocycles. The zero-order valence-electron chi connectivity index (χ0n) is 16.2. The average molecular weight is 403 g/mol. The highest BCUT2D eigenvalue weighted by Crippen LogP contribution is 2.42. The van der Waals surface area contributed by atoms with Crippen LogP contribution in [0.5, 0.6) is 0 Å². The summed E-state index contributed by atoms with van der Waals surface area (Å²) in [5.74, 6) is -2.00. The summed E-state index contributed by atoms with van der Waals surface area (Å²) < 4.78 is 34.0. The van der Waals surface area contributed by atoms with E-state index in [1.165, 1.54) is 6.07 Å². The summed E-state index contributed by atoms with van der Waals surface area (Å²) in [6.45, 7) is 2.94. The third-order valence-electron chi connectivity index (χ3n) is 5.50. The fraction of sp³-hybridized carbons (Fsp3) is 0.476. The monoisotopic (exact) mass is 403 g/mol. The Bertz CT molecular complexity index is 931. The van der Waals surface area contributed by atoms with E-state index in [2.05, 4.69) is 5.10 Å². The zero-order valence-corrected chi connectivity index (χ0v) is 16.2. The van der Waals surface area contributed by atoms with Gasteiger partial charge in [0.05, 0.1) is 18.2 Å². The van der Waals surface area contributed by atoms with Crippen molar-refractivity contribution in [2.75, 3.05) is 19.7 Å². The second-order valence-electron chi connectivity index (χ2n) is 7.54. The van der Waals surface area contributed by atoms with E-state index in [9.17, 15) is 18.4 Å². The maximum absolute atomic E-state index is 13.9. The molecular formula is C21H23F2N3O3. The number of halogens is 2. The van der Waals surface area contributed by atoms with Gasteiger partial charge in [0.15, 0.2) is 5.69 Å². The molecule has 1 aliphatic carbocycles. The molecule has 2 aromatic rings. The minimum atomic E-state index is -0.848. The first kappa shape index (κ1) is 19.5. The molecule has 1 saturated carbocycles. The first-order valence-electron chi connectivity index (χ1n) is 9.98. The fourth-order valence-electron chi connectivity index (χ4n) is 3.84. The molecule has 29 heavy (non-hydrogen) atoms. The van der Waals surface area contributed by atoms with Gasteiger partial charge in [0.2, 0.25) is 0 Å². The minimum absolute atomic E-state index is 0.0656. The van der Waals surface area contributed by atoms with E-state index in [1.807, 2.05) is 10.7 Å². The SMILES string of the molecule is CCOC(=O)c1cc(C2CC2)n(C2CCN(C(=O)c3ccc(F)cc3F)CC2)n1. The summed E-state index contributed by atoms with van der Waals surface area (Å²) >= 11 is 0. The Hall–Kier alpha value is -2.77. The molecule has 0 spiro atoms. The Kier molecular flexibility index (Phi) is 5.34. The number of hydrogen-bond donors (Lipinski definition) is 0. The molecule has 0 atom stereocenters. The molecule has 1 aliphatic heterocycles. The Labute approximate surface area is 167 Å². The number of carbonyl (C=O) groups excluding carboxylic acids is 2. The molecule has 0 bridgehead atoms. The quantitative estimate of drug-likeness (QED) is 0.715. The largest absolute Gasteiger partial charge is 0.461 e. The molecule has 1 amide bonds. The Morgan fingerprint density at radius 2 is 1.86 bits per heavy atom. The highest BCUT2D eigenvalue weighted by atomic mass is 19.1. The lowest BCUT2D eigenvalue weighted by molar-refractivity contribution is 0.0517. The predicted octanol–water partition coefficient (Wildman–Crippen LogP) is 3.69. The molecule has 2 fully saturated rings. The number of nitrogens with zero attached hydrogens (tertiary/aromatic N) is 3. The van der Waals surface area contributed by atoms with Crippen molar-refractivity contribution in [1.29, 1.82) is 0 Å². The first-order valence-corrected chi connectivity index (χ1v) is 9.98. The van der Waals surface area contributed by atoms with Crippen LogP contribution in [0.3, 0.4) is 0 Å².